The Morgan fingerprint density at radius 2 is 1.96 bits per heavy atom. The highest BCUT2D eigenvalue weighted by Gasteiger charge is 2.29. The molecule has 0 fully saturated rings. The summed E-state index contributed by atoms with van der Waals surface area (Å²) in [7, 11) is -3.22. The SMILES string of the molecule is CCn1cc2c(n1)NC(=O)CC2c1ccc(S(C)(=O)=O)cc1.O=CO. The minimum Gasteiger partial charge on any atom is -0.483 e. The van der Waals surface area contributed by atoms with E-state index in [1.54, 1.807) is 28.9 Å². The molecule has 0 aliphatic carbocycles. The number of benzene rings is 1. The summed E-state index contributed by atoms with van der Waals surface area (Å²) in [5.74, 6) is 0.416. The number of sulfone groups is 1. The quantitative estimate of drug-likeness (QED) is 0.796. The van der Waals surface area contributed by atoms with Crippen LogP contribution in [0.2, 0.25) is 0 Å². The Morgan fingerprint density at radius 3 is 2.48 bits per heavy atom. The Bertz CT molecular complexity index is 872. The molecule has 2 aromatic rings. The second-order valence-electron chi connectivity index (χ2n) is 5.54. The van der Waals surface area contributed by atoms with Crippen LogP contribution in [0.5, 0.6) is 0 Å². The Hall–Kier alpha value is -2.68. The number of carboxylic acid groups (broad SMARTS) is 1. The van der Waals surface area contributed by atoms with Gasteiger partial charge in [-0.3, -0.25) is 14.3 Å². The highest BCUT2D eigenvalue weighted by Crippen LogP contribution is 2.36. The van der Waals surface area contributed by atoms with Crippen LogP contribution in [0.1, 0.15) is 30.4 Å². The van der Waals surface area contributed by atoms with Gasteiger partial charge in [0.2, 0.25) is 5.91 Å². The van der Waals surface area contributed by atoms with Gasteiger partial charge >= 0.3 is 0 Å². The van der Waals surface area contributed by atoms with Crippen molar-refractivity contribution in [2.24, 2.45) is 0 Å². The van der Waals surface area contributed by atoms with E-state index in [4.69, 9.17) is 9.90 Å². The molecule has 1 aliphatic heterocycles. The maximum Gasteiger partial charge on any atom is 0.290 e. The Morgan fingerprint density at radius 1 is 1.36 bits per heavy atom. The van der Waals surface area contributed by atoms with E-state index in [0.29, 0.717) is 12.2 Å². The number of aromatic nitrogens is 2. The molecule has 1 aromatic heterocycles. The maximum atomic E-state index is 11.9. The molecular formula is C16H19N3O5S. The van der Waals surface area contributed by atoms with Crippen molar-refractivity contribution in [3.05, 3.63) is 41.6 Å². The molecule has 0 radical (unpaired) electrons. The van der Waals surface area contributed by atoms with Gasteiger partial charge in [-0.25, -0.2) is 8.42 Å². The first-order valence-corrected chi connectivity index (χ1v) is 9.44. The summed E-state index contributed by atoms with van der Waals surface area (Å²) >= 11 is 0. The van der Waals surface area contributed by atoms with Crippen molar-refractivity contribution in [2.45, 2.75) is 30.7 Å². The average Bonchev–Trinajstić information content (AvgIpc) is 2.97. The molecule has 3 rings (SSSR count). The zero-order valence-electron chi connectivity index (χ0n) is 13.8. The first kappa shape index (κ1) is 18.7. The Labute approximate surface area is 145 Å². The van der Waals surface area contributed by atoms with Gasteiger partial charge in [0.1, 0.15) is 0 Å². The summed E-state index contributed by atoms with van der Waals surface area (Å²) in [6.07, 6.45) is 3.45. The second-order valence-corrected chi connectivity index (χ2v) is 7.56. The minimum atomic E-state index is -3.22. The molecule has 0 bridgehead atoms. The van der Waals surface area contributed by atoms with Gasteiger partial charge < -0.3 is 10.4 Å². The van der Waals surface area contributed by atoms with E-state index in [9.17, 15) is 13.2 Å². The van der Waals surface area contributed by atoms with Gasteiger partial charge in [0.05, 0.1) is 4.90 Å². The normalized spacial score (nSPS) is 16.2. The fourth-order valence-corrected chi connectivity index (χ4v) is 3.30. The van der Waals surface area contributed by atoms with Crippen molar-refractivity contribution in [3.63, 3.8) is 0 Å². The summed E-state index contributed by atoms with van der Waals surface area (Å²) in [5, 5.41) is 14.0. The van der Waals surface area contributed by atoms with Gasteiger partial charge in [-0.1, -0.05) is 12.1 Å². The molecule has 0 saturated carbocycles. The minimum absolute atomic E-state index is 0.0777. The number of anilines is 1. The second kappa shape index (κ2) is 7.47. The van der Waals surface area contributed by atoms with Crippen LogP contribution in [-0.2, 0) is 26.0 Å². The van der Waals surface area contributed by atoms with Gasteiger partial charge in [0.25, 0.3) is 6.47 Å². The van der Waals surface area contributed by atoms with E-state index in [0.717, 1.165) is 17.7 Å². The summed E-state index contributed by atoms with van der Waals surface area (Å²) in [4.78, 5) is 20.5. The Kier molecular flexibility index (Phi) is 5.58. The predicted octanol–water partition coefficient (Wildman–Crippen LogP) is 1.48. The third-order valence-electron chi connectivity index (χ3n) is 3.85. The third kappa shape index (κ3) is 4.24. The van der Waals surface area contributed by atoms with Crippen LogP contribution >= 0.6 is 0 Å². The number of rotatable bonds is 3. The van der Waals surface area contributed by atoms with Gasteiger partial charge in [0.15, 0.2) is 15.7 Å². The number of carbonyl (C=O) groups is 2. The number of nitrogens with one attached hydrogen (secondary N) is 1. The molecule has 2 heterocycles. The number of carbonyl (C=O) groups excluding carboxylic acids is 1. The number of hydrogen-bond acceptors (Lipinski definition) is 5. The zero-order chi connectivity index (χ0) is 18.6. The lowest BCUT2D eigenvalue weighted by Crippen LogP contribution is -2.23. The van der Waals surface area contributed by atoms with E-state index in [-0.39, 0.29) is 23.2 Å². The molecule has 1 aliphatic rings. The molecule has 25 heavy (non-hydrogen) atoms. The summed E-state index contributed by atoms with van der Waals surface area (Å²) < 4.78 is 24.9. The van der Waals surface area contributed by atoms with Gasteiger partial charge in [-0.2, -0.15) is 5.10 Å². The van der Waals surface area contributed by atoms with Crippen molar-refractivity contribution in [1.82, 2.24) is 9.78 Å². The van der Waals surface area contributed by atoms with Crippen molar-refractivity contribution in [2.75, 3.05) is 11.6 Å². The fourth-order valence-electron chi connectivity index (χ4n) is 2.67. The summed E-state index contributed by atoms with van der Waals surface area (Å²) in [6.45, 7) is 2.46. The van der Waals surface area contributed by atoms with Crippen LogP contribution in [0, 0.1) is 0 Å². The van der Waals surface area contributed by atoms with Gasteiger partial charge in [0, 0.05) is 36.9 Å². The van der Waals surface area contributed by atoms with Crippen molar-refractivity contribution < 1.29 is 23.1 Å². The van der Waals surface area contributed by atoms with Crippen molar-refractivity contribution >= 4 is 28.0 Å². The smallest absolute Gasteiger partial charge is 0.290 e. The van der Waals surface area contributed by atoms with Crippen molar-refractivity contribution in [3.8, 4) is 0 Å². The van der Waals surface area contributed by atoms with Crippen LogP contribution in [-0.4, -0.2) is 41.9 Å². The molecule has 9 heteroatoms. The Balaban J connectivity index is 0.000000701. The summed E-state index contributed by atoms with van der Waals surface area (Å²) in [5.41, 5.74) is 1.88. The molecule has 1 amide bonds. The molecular weight excluding hydrogens is 346 g/mol. The van der Waals surface area contributed by atoms with Gasteiger partial charge in [-0.15, -0.1) is 0 Å². The molecule has 134 valence electrons. The van der Waals surface area contributed by atoms with E-state index in [2.05, 4.69) is 10.4 Å². The van der Waals surface area contributed by atoms with Gasteiger partial charge in [-0.05, 0) is 24.6 Å². The maximum absolute atomic E-state index is 11.9. The van der Waals surface area contributed by atoms with Crippen LogP contribution in [0.25, 0.3) is 0 Å². The standard InChI is InChI=1S/C15H17N3O3S.CH2O2/c1-3-18-9-13-12(8-14(19)16-15(13)17-18)10-4-6-11(7-5-10)22(2,20)21;2-1-3/h4-7,9,12H,3,8H2,1-2H3,(H,16,17,19);1H,(H,2,3). The topological polar surface area (TPSA) is 118 Å². The lowest BCUT2D eigenvalue weighted by Gasteiger charge is -2.22. The third-order valence-corrected chi connectivity index (χ3v) is 4.98. The molecule has 8 nitrogen and oxygen atoms in total. The molecule has 1 aromatic carbocycles. The fraction of sp³-hybridized carbons (Fsp3) is 0.312. The molecule has 0 saturated heterocycles. The number of fused-ring (bicyclic) bond motifs is 1. The predicted molar refractivity (Wildman–Crippen MR) is 91.2 cm³/mol. The van der Waals surface area contributed by atoms with E-state index in [1.807, 2.05) is 13.1 Å². The largest absolute Gasteiger partial charge is 0.483 e. The van der Waals surface area contributed by atoms with Crippen LogP contribution in [0.4, 0.5) is 5.82 Å². The highest BCUT2D eigenvalue weighted by molar-refractivity contribution is 7.90. The molecule has 1 unspecified atom stereocenters. The zero-order valence-corrected chi connectivity index (χ0v) is 14.7. The van der Waals surface area contributed by atoms with Crippen molar-refractivity contribution in [1.29, 1.82) is 0 Å². The van der Waals surface area contributed by atoms with Crippen LogP contribution < -0.4 is 5.32 Å². The van der Waals surface area contributed by atoms with E-state index < -0.39 is 9.84 Å². The van der Waals surface area contributed by atoms with E-state index >= 15 is 0 Å². The first-order valence-electron chi connectivity index (χ1n) is 7.55. The highest BCUT2D eigenvalue weighted by atomic mass is 32.2. The van der Waals surface area contributed by atoms with Crippen LogP contribution in [0.15, 0.2) is 35.4 Å². The van der Waals surface area contributed by atoms with Crippen LogP contribution in [0.3, 0.4) is 0 Å². The lowest BCUT2D eigenvalue weighted by atomic mass is 9.87. The number of nitrogens with zero attached hydrogens (tertiary/aromatic N) is 2. The molecule has 1 atom stereocenters. The molecule has 0 spiro atoms. The number of amides is 1. The monoisotopic (exact) mass is 365 g/mol. The first-order chi connectivity index (χ1) is 11.8. The lowest BCUT2D eigenvalue weighted by molar-refractivity contribution is -0.123. The number of aryl methyl sites for hydroxylation is 1. The van der Waals surface area contributed by atoms with E-state index in [1.165, 1.54) is 6.26 Å². The average molecular weight is 365 g/mol. The number of hydrogen-bond donors (Lipinski definition) is 2. The summed E-state index contributed by atoms with van der Waals surface area (Å²) in [6, 6.07) is 6.71. The molecule has 2 N–H and O–H groups in total.